The number of carbonyl (C=O) groups is 2. The molecule has 0 aliphatic carbocycles. The van der Waals surface area contributed by atoms with Gasteiger partial charge in [-0.1, -0.05) is 0 Å². The summed E-state index contributed by atoms with van der Waals surface area (Å²) in [5.41, 5.74) is -1.86. The van der Waals surface area contributed by atoms with Gasteiger partial charge in [-0.2, -0.15) is 4.39 Å². The van der Waals surface area contributed by atoms with Crippen molar-refractivity contribution in [3.05, 3.63) is 39.2 Å². The zero-order valence-corrected chi connectivity index (χ0v) is 8.53. The number of ketones is 1. The van der Waals surface area contributed by atoms with Gasteiger partial charge in [-0.3, -0.25) is 19.7 Å². The molecule has 0 radical (unpaired) electrons. The zero-order valence-electron chi connectivity index (χ0n) is 7.78. The maximum Gasteiger partial charge on any atom is 0.316 e. The van der Waals surface area contributed by atoms with Gasteiger partial charge in [0.2, 0.25) is 5.82 Å². The molecule has 1 aromatic carbocycles. The topological polar surface area (TPSA) is 77.3 Å². The van der Waals surface area contributed by atoms with Gasteiger partial charge < -0.3 is 0 Å². The van der Waals surface area contributed by atoms with Crippen LogP contribution in [-0.4, -0.2) is 22.9 Å². The van der Waals surface area contributed by atoms with Crippen molar-refractivity contribution in [2.45, 2.75) is 0 Å². The highest BCUT2D eigenvalue weighted by atomic mass is 35.5. The first-order valence-corrected chi connectivity index (χ1v) is 4.57. The Bertz CT molecular complexity index is 475. The molecule has 16 heavy (non-hydrogen) atoms. The number of hydrogen-bond donors (Lipinski definition) is 0. The highest BCUT2D eigenvalue weighted by Crippen LogP contribution is 2.26. The summed E-state index contributed by atoms with van der Waals surface area (Å²) in [7, 11) is 0. The molecule has 5 nitrogen and oxygen atoms in total. The molecule has 0 unspecified atom stereocenters. The Morgan fingerprint density at radius 1 is 1.56 bits per heavy atom. The van der Waals surface area contributed by atoms with E-state index in [1.54, 1.807) is 0 Å². The second-order valence-corrected chi connectivity index (χ2v) is 3.06. The fourth-order valence-electron chi connectivity index (χ4n) is 1.22. The summed E-state index contributed by atoms with van der Waals surface area (Å²) in [6.07, 6.45) is 0.242. The summed E-state index contributed by atoms with van der Waals surface area (Å²) in [6.45, 7) is 0. The minimum atomic E-state index is -1.18. The van der Waals surface area contributed by atoms with Crippen LogP contribution in [0.2, 0.25) is 0 Å². The van der Waals surface area contributed by atoms with Crippen molar-refractivity contribution in [3.63, 3.8) is 0 Å². The van der Waals surface area contributed by atoms with Crippen LogP contribution in [0.4, 0.5) is 10.1 Å². The molecule has 1 aromatic rings. The fourth-order valence-corrected chi connectivity index (χ4v) is 1.35. The molecular formula is C9H5ClFNO4. The molecule has 0 heterocycles. The molecule has 0 saturated heterocycles. The van der Waals surface area contributed by atoms with Gasteiger partial charge >= 0.3 is 5.69 Å². The van der Waals surface area contributed by atoms with Crippen molar-refractivity contribution in [2.75, 3.05) is 5.88 Å². The van der Waals surface area contributed by atoms with E-state index in [2.05, 4.69) is 0 Å². The van der Waals surface area contributed by atoms with Crippen molar-refractivity contribution < 1.29 is 18.9 Å². The SMILES string of the molecule is O=Cc1ccc(F)c([N+](=O)[O-])c1C(=O)CCl. The molecule has 0 amide bonds. The number of nitro benzene ring substituents is 1. The van der Waals surface area contributed by atoms with E-state index in [1.807, 2.05) is 0 Å². The van der Waals surface area contributed by atoms with Gasteiger partial charge in [0.05, 0.1) is 10.8 Å². The Hall–Kier alpha value is -1.82. The molecule has 0 aliphatic heterocycles. The average molecular weight is 246 g/mol. The number of halogens is 2. The van der Waals surface area contributed by atoms with Crippen LogP contribution in [0.3, 0.4) is 0 Å². The minimum Gasteiger partial charge on any atom is -0.298 e. The molecular weight excluding hydrogens is 241 g/mol. The highest BCUT2D eigenvalue weighted by Gasteiger charge is 2.27. The van der Waals surface area contributed by atoms with Gasteiger partial charge in [-0.25, -0.2) is 0 Å². The quantitative estimate of drug-likeness (QED) is 0.267. The van der Waals surface area contributed by atoms with Gasteiger partial charge in [-0.15, -0.1) is 11.6 Å². The molecule has 1 rings (SSSR count). The first-order chi connectivity index (χ1) is 7.52. The Labute approximate surface area is 94.0 Å². The second kappa shape index (κ2) is 4.80. The van der Waals surface area contributed by atoms with Gasteiger partial charge in [0.15, 0.2) is 12.1 Å². The summed E-state index contributed by atoms with van der Waals surface area (Å²) < 4.78 is 13.2. The van der Waals surface area contributed by atoms with Crippen molar-refractivity contribution in [3.8, 4) is 0 Å². The molecule has 0 aromatic heterocycles. The molecule has 84 valence electrons. The van der Waals surface area contributed by atoms with Crippen LogP contribution in [0.1, 0.15) is 20.7 Å². The smallest absolute Gasteiger partial charge is 0.298 e. The lowest BCUT2D eigenvalue weighted by Crippen LogP contribution is -2.10. The largest absolute Gasteiger partial charge is 0.316 e. The van der Waals surface area contributed by atoms with Crippen molar-refractivity contribution in [1.29, 1.82) is 0 Å². The second-order valence-electron chi connectivity index (χ2n) is 2.79. The van der Waals surface area contributed by atoms with E-state index >= 15 is 0 Å². The van der Waals surface area contributed by atoms with Crippen molar-refractivity contribution >= 4 is 29.4 Å². The number of hydrogen-bond acceptors (Lipinski definition) is 4. The number of nitrogens with zero attached hydrogens (tertiary/aromatic N) is 1. The van der Waals surface area contributed by atoms with Crippen molar-refractivity contribution in [1.82, 2.24) is 0 Å². The molecule has 0 atom stereocenters. The zero-order chi connectivity index (χ0) is 12.3. The van der Waals surface area contributed by atoms with Crippen LogP contribution in [0, 0.1) is 15.9 Å². The van der Waals surface area contributed by atoms with Crippen LogP contribution in [0.15, 0.2) is 12.1 Å². The maximum absolute atomic E-state index is 13.2. The van der Waals surface area contributed by atoms with Gasteiger partial charge in [0.1, 0.15) is 5.56 Å². The Morgan fingerprint density at radius 3 is 2.62 bits per heavy atom. The van der Waals surface area contributed by atoms with Crippen LogP contribution in [-0.2, 0) is 0 Å². The number of carbonyl (C=O) groups excluding carboxylic acids is 2. The van der Waals surface area contributed by atoms with E-state index in [0.717, 1.165) is 12.1 Å². The molecule has 0 aliphatic rings. The first kappa shape index (κ1) is 12.3. The van der Waals surface area contributed by atoms with E-state index in [0.29, 0.717) is 0 Å². The predicted molar refractivity (Wildman–Crippen MR) is 53.5 cm³/mol. The van der Waals surface area contributed by atoms with E-state index in [9.17, 15) is 24.1 Å². The van der Waals surface area contributed by atoms with Crippen LogP contribution < -0.4 is 0 Å². The number of rotatable bonds is 4. The summed E-state index contributed by atoms with van der Waals surface area (Å²) in [5.74, 6) is -2.61. The number of nitro groups is 1. The normalized spacial score (nSPS) is 9.88. The van der Waals surface area contributed by atoms with Crippen LogP contribution in [0.5, 0.6) is 0 Å². The Morgan fingerprint density at radius 2 is 2.19 bits per heavy atom. The lowest BCUT2D eigenvalue weighted by molar-refractivity contribution is -0.387. The summed E-state index contributed by atoms with van der Waals surface area (Å²) in [5, 5.41) is 10.6. The van der Waals surface area contributed by atoms with Crippen LogP contribution in [0.25, 0.3) is 0 Å². The number of benzene rings is 1. The number of alkyl halides is 1. The third kappa shape index (κ3) is 2.06. The van der Waals surface area contributed by atoms with Crippen molar-refractivity contribution in [2.24, 2.45) is 0 Å². The maximum atomic E-state index is 13.2. The molecule has 7 heteroatoms. The molecule has 0 N–H and O–H groups in total. The number of aldehydes is 1. The Balaban J connectivity index is 3.61. The van der Waals surface area contributed by atoms with Crippen LogP contribution >= 0.6 is 11.6 Å². The number of Topliss-reactive ketones (excluding diaryl/α,β-unsaturated/α-hetero) is 1. The van der Waals surface area contributed by atoms with E-state index in [4.69, 9.17) is 11.6 Å². The van der Waals surface area contributed by atoms with E-state index < -0.39 is 33.7 Å². The molecule has 0 bridgehead atoms. The van der Waals surface area contributed by atoms with E-state index in [1.165, 1.54) is 0 Å². The van der Waals surface area contributed by atoms with E-state index in [-0.39, 0.29) is 11.8 Å². The first-order valence-electron chi connectivity index (χ1n) is 4.04. The minimum absolute atomic E-state index is 0.242. The van der Waals surface area contributed by atoms with Gasteiger partial charge in [0, 0.05) is 5.56 Å². The molecule has 0 fully saturated rings. The molecule has 0 spiro atoms. The molecule has 0 saturated carbocycles. The monoisotopic (exact) mass is 245 g/mol. The summed E-state index contributed by atoms with van der Waals surface area (Å²) >= 11 is 5.23. The van der Waals surface area contributed by atoms with Gasteiger partial charge in [-0.05, 0) is 12.1 Å². The Kier molecular flexibility index (Phi) is 3.68. The average Bonchev–Trinajstić information content (AvgIpc) is 2.27. The fraction of sp³-hybridized carbons (Fsp3) is 0.111. The summed E-state index contributed by atoms with van der Waals surface area (Å²) in [6, 6.07) is 1.75. The highest BCUT2D eigenvalue weighted by molar-refractivity contribution is 6.31. The third-order valence-corrected chi connectivity index (χ3v) is 2.11. The lowest BCUT2D eigenvalue weighted by atomic mass is 10.0. The summed E-state index contributed by atoms with van der Waals surface area (Å²) in [4.78, 5) is 31.4. The third-order valence-electron chi connectivity index (χ3n) is 1.87. The predicted octanol–water partition coefficient (Wildman–Crippen LogP) is 1.97. The lowest BCUT2D eigenvalue weighted by Gasteiger charge is -2.03. The standard InChI is InChI=1S/C9H5ClFNO4/c10-3-7(14)8-5(4-13)1-2-6(11)9(8)12(15)16/h1-2,4H,3H2. The van der Waals surface area contributed by atoms with Gasteiger partial charge in [0.25, 0.3) is 0 Å².